The van der Waals surface area contributed by atoms with Crippen LogP contribution in [-0.2, 0) is 11.3 Å². The molecule has 0 radical (unpaired) electrons. The van der Waals surface area contributed by atoms with Crippen LogP contribution in [0.2, 0.25) is 0 Å². The van der Waals surface area contributed by atoms with Gasteiger partial charge in [-0.15, -0.1) is 0 Å². The van der Waals surface area contributed by atoms with Crippen LogP contribution in [0.15, 0.2) is 42.6 Å². The first-order valence-electron chi connectivity index (χ1n) is 7.20. The average molecular weight is 286 g/mol. The number of hydrogen-bond donors (Lipinski definition) is 1. The van der Waals surface area contributed by atoms with Crippen LogP contribution >= 0.6 is 0 Å². The first-order chi connectivity index (χ1) is 10.1. The summed E-state index contributed by atoms with van der Waals surface area (Å²) in [6.07, 6.45) is 1.93. The zero-order valence-electron chi connectivity index (χ0n) is 12.8. The van der Waals surface area contributed by atoms with Crippen molar-refractivity contribution in [3.63, 3.8) is 0 Å². The van der Waals surface area contributed by atoms with E-state index in [1.54, 1.807) is 4.90 Å². The van der Waals surface area contributed by atoms with E-state index in [9.17, 15) is 4.79 Å². The van der Waals surface area contributed by atoms with E-state index in [-0.39, 0.29) is 11.9 Å². The molecule has 1 heterocycles. The fraction of sp³-hybridized carbons (Fsp3) is 0.375. The van der Waals surface area contributed by atoms with Crippen molar-refractivity contribution in [1.29, 1.82) is 0 Å². The predicted molar refractivity (Wildman–Crippen MR) is 83.2 cm³/mol. The van der Waals surface area contributed by atoms with Crippen LogP contribution in [0.4, 0.5) is 0 Å². The maximum absolute atomic E-state index is 12.0. The molecule has 5 nitrogen and oxygen atoms in total. The SMILES string of the molecule is CCN(C)C(=O)C(C)NCc1ccn(-c2ccccc2)n1. The van der Waals surface area contributed by atoms with E-state index in [1.165, 1.54) is 0 Å². The number of nitrogens with zero attached hydrogens (tertiary/aromatic N) is 3. The third kappa shape index (κ3) is 3.92. The quantitative estimate of drug-likeness (QED) is 0.881. The minimum atomic E-state index is -0.211. The van der Waals surface area contributed by atoms with Crippen molar-refractivity contribution in [3.05, 3.63) is 48.3 Å². The van der Waals surface area contributed by atoms with E-state index >= 15 is 0 Å². The number of hydrogen-bond acceptors (Lipinski definition) is 3. The molecule has 1 amide bonds. The zero-order chi connectivity index (χ0) is 15.2. The maximum Gasteiger partial charge on any atom is 0.239 e. The lowest BCUT2D eigenvalue weighted by atomic mass is 10.3. The molecule has 1 unspecified atom stereocenters. The standard InChI is InChI=1S/C16H22N4O/c1-4-19(3)16(21)13(2)17-12-14-10-11-20(18-14)15-8-6-5-7-9-15/h5-11,13,17H,4,12H2,1-3H3. The van der Waals surface area contributed by atoms with Crippen LogP contribution in [0.5, 0.6) is 0 Å². The van der Waals surface area contributed by atoms with Gasteiger partial charge in [-0.3, -0.25) is 4.79 Å². The van der Waals surface area contributed by atoms with Crippen molar-refractivity contribution < 1.29 is 4.79 Å². The Hall–Kier alpha value is -2.14. The Morgan fingerprint density at radius 2 is 2.05 bits per heavy atom. The molecular formula is C16H22N4O. The number of amides is 1. The van der Waals surface area contributed by atoms with Gasteiger partial charge < -0.3 is 10.2 Å². The van der Waals surface area contributed by atoms with E-state index in [0.29, 0.717) is 13.1 Å². The third-order valence-corrected chi connectivity index (χ3v) is 3.48. The molecule has 0 aliphatic rings. The van der Waals surface area contributed by atoms with Gasteiger partial charge in [-0.1, -0.05) is 18.2 Å². The number of aromatic nitrogens is 2. The fourth-order valence-corrected chi connectivity index (χ4v) is 2.01. The van der Waals surface area contributed by atoms with Crippen LogP contribution in [-0.4, -0.2) is 40.2 Å². The lowest BCUT2D eigenvalue weighted by Crippen LogP contribution is -2.42. The number of carbonyl (C=O) groups excluding carboxylic acids is 1. The van der Waals surface area contributed by atoms with E-state index in [1.807, 2.05) is 68.2 Å². The summed E-state index contributed by atoms with van der Waals surface area (Å²) in [6, 6.07) is 11.7. The largest absolute Gasteiger partial charge is 0.345 e. The van der Waals surface area contributed by atoms with Crippen LogP contribution in [0.25, 0.3) is 5.69 Å². The summed E-state index contributed by atoms with van der Waals surface area (Å²) in [5.74, 6) is 0.0972. The van der Waals surface area contributed by atoms with Gasteiger partial charge in [0.15, 0.2) is 0 Å². The maximum atomic E-state index is 12.0. The summed E-state index contributed by atoms with van der Waals surface area (Å²) in [4.78, 5) is 13.7. The summed E-state index contributed by atoms with van der Waals surface area (Å²) in [5, 5.41) is 7.72. The molecule has 5 heteroatoms. The summed E-state index contributed by atoms with van der Waals surface area (Å²) in [7, 11) is 1.81. The highest BCUT2D eigenvalue weighted by molar-refractivity contribution is 5.81. The van der Waals surface area contributed by atoms with Crippen LogP contribution in [0.1, 0.15) is 19.5 Å². The number of carbonyl (C=O) groups is 1. The van der Waals surface area contributed by atoms with E-state index in [0.717, 1.165) is 11.4 Å². The van der Waals surface area contributed by atoms with Crippen LogP contribution in [0, 0.1) is 0 Å². The van der Waals surface area contributed by atoms with Gasteiger partial charge in [0.2, 0.25) is 5.91 Å². The Labute approximate surface area is 125 Å². The molecule has 1 aromatic carbocycles. The zero-order valence-corrected chi connectivity index (χ0v) is 12.8. The topological polar surface area (TPSA) is 50.2 Å². The summed E-state index contributed by atoms with van der Waals surface area (Å²) >= 11 is 0. The first kappa shape index (κ1) is 15.3. The molecule has 1 N–H and O–H groups in total. The third-order valence-electron chi connectivity index (χ3n) is 3.48. The van der Waals surface area contributed by atoms with Gasteiger partial charge >= 0.3 is 0 Å². The normalized spacial score (nSPS) is 12.1. The molecule has 112 valence electrons. The molecule has 0 aliphatic heterocycles. The Kier molecular flexibility index (Phi) is 5.11. The second-order valence-corrected chi connectivity index (χ2v) is 5.04. The van der Waals surface area contributed by atoms with Gasteiger partial charge in [0.1, 0.15) is 0 Å². The van der Waals surface area contributed by atoms with Gasteiger partial charge in [-0.25, -0.2) is 4.68 Å². The lowest BCUT2D eigenvalue weighted by Gasteiger charge is -2.20. The van der Waals surface area contributed by atoms with Gasteiger partial charge in [0.05, 0.1) is 17.4 Å². The molecule has 0 fully saturated rings. The predicted octanol–water partition coefficient (Wildman–Crippen LogP) is 1.83. The number of para-hydroxylation sites is 1. The number of rotatable bonds is 6. The van der Waals surface area contributed by atoms with Crippen molar-refractivity contribution in [2.75, 3.05) is 13.6 Å². The highest BCUT2D eigenvalue weighted by atomic mass is 16.2. The van der Waals surface area contributed by atoms with Crippen molar-refractivity contribution in [2.24, 2.45) is 0 Å². The highest BCUT2D eigenvalue weighted by Gasteiger charge is 2.15. The van der Waals surface area contributed by atoms with E-state index < -0.39 is 0 Å². The number of likely N-dealkylation sites (N-methyl/N-ethyl adjacent to an activating group) is 1. The Morgan fingerprint density at radius 3 is 2.71 bits per heavy atom. The Bertz CT molecular complexity index is 579. The second kappa shape index (κ2) is 7.04. The van der Waals surface area contributed by atoms with Crippen LogP contribution < -0.4 is 5.32 Å². The molecular weight excluding hydrogens is 264 g/mol. The average Bonchev–Trinajstić information content (AvgIpc) is 3.01. The van der Waals surface area contributed by atoms with Crippen molar-refractivity contribution in [1.82, 2.24) is 20.0 Å². The van der Waals surface area contributed by atoms with Crippen molar-refractivity contribution in [3.8, 4) is 5.69 Å². The van der Waals surface area contributed by atoms with Gasteiger partial charge in [-0.2, -0.15) is 5.10 Å². The van der Waals surface area contributed by atoms with Gasteiger partial charge in [-0.05, 0) is 32.0 Å². The Morgan fingerprint density at radius 1 is 1.33 bits per heavy atom. The summed E-state index contributed by atoms with van der Waals surface area (Å²) < 4.78 is 1.83. The molecule has 21 heavy (non-hydrogen) atoms. The smallest absolute Gasteiger partial charge is 0.239 e. The van der Waals surface area contributed by atoms with Gasteiger partial charge in [0.25, 0.3) is 0 Å². The van der Waals surface area contributed by atoms with Crippen LogP contribution in [0.3, 0.4) is 0 Å². The molecule has 1 aromatic heterocycles. The minimum Gasteiger partial charge on any atom is -0.345 e. The van der Waals surface area contributed by atoms with E-state index in [4.69, 9.17) is 0 Å². The second-order valence-electron chi connectivity index (χ2n) is 5.04. The molecule has 0 bridgehead atoms. The monoisotopic (exact) mass is 286 g/mol. The van der Waals surface area contributed by atoms with E-state index in [2.05, 4.69) is 10.4 Å². The number of nitrogens with one attached hydrogen (secondary N) is 1. The molecule has 2 rings (SSSR count). The lowest BCUT2D eigenvalue weighted by molar-refractivity contribution is -0.131. The van der Waals surface area contributed by atoms with Crippen molar-refractivity contribution in [2.45, 2.75) is 26.4 Å². The fourth-order valence-electron chi connectivity index (χ4n) is 2.01. The molecule has 0 saturated carbocycles. The Balaban J connectivity index is 1.93. The molecule has 0 aliphatic carbocycles. The molecule has 1 atom stereocenters. The molecule has 2 aromatic rings. The van der Waals surface area contributed by atoms with Crippen molar-refractivity contribution >= 4 is 5.91 Å². The molecule has 0 spiro atoms. The highest BCUT2D eigenvalue weighted by Crippen LogP contribution is 2.07. The summed E-state index contributed by atoms with van der Waals surface area (Å²) in [5.41, 5.74) is 1.94. The number of benzene rings is 1. The summed E-state index contributed by atoms with van der Waals surface area (Å²) in [6.45, 7) is 5.13. The molecule has 0 saturated heterocycles. The first-order valence-corrected chi connectivity index (χ1v) is 7.20. The minimum absolute atomic E-state index is 0.0972. The van der Waals surface area contributed by atoms with Gasteiger partial charge in [0, 0.05) is 26.3 Å².